The van der Waals surface area contributed by atoms with Crippen LogP contribution in [-0.2, 0) is 10.9 Å². The minimum atomic E-state index is -3.98. The Morgan fingerprint density at radius 1 is 1.28 bits per heavy atom. The van der Waals surface area contributed by atoms with Crippen LogP contribution in [0.5, 0.6) is 5.75 Å². The molecule has 3 rings (SSSR count). The SMILES string of the molecule is Cc1oc2ccc(OC(F)(F)c3cccnc3C(N)=O)cc2c1C(=O)N[C@@H](CO)C(N)=O. The second kappa shape index (κ2) is 8.59. The van der Waals surface area contributed by atoms with Crippen molar-refractivity contribution in [3.8, 4) is 5.75 Å². The standard InChI is InChI=1S/C20H18F2N4O6/c1-9-15(19(30)26-13(8-27)17(23)28)11-7-10(4-5-14(11)31-9)32-20(21,22)12-3-2-6-25-16(12)18(24)29/h2-7,13,27H,8H2,1H3,(H2,23,28)(H2,24,29)(H,26,30)/t13-/m0/s1. The van der Waals surface area contributed by atoms with E-state index in [-0.39, 0.29) is 28.0 Å². The Balaban J connectivity index is 1.98. The number of aliphatic hydroxyl groups is 1. The molecule has 0 fully saturated rings. The monoisotopic (exact) mass is 448 g/mol. The Morgan fingerprint density at radius 2 is 2.00 bits per heavy atom. The predicted octanol–water partition coefficient (Wildman–Crippen LogP) is 0.939. The zero-order valence-corrected chi connectivity index (χ0v) is 16.6. The molecule has 0 unspecified atom stereocenters. The van der Waals surface area contributed by atoms with Crippen molar-refractivity contribution >= 4 is 28.7 Å². The van der Waals surface area contributed by atoms with E-state index in [0.717, 1.165) is 18.3 Å². The summed E-state index contributed by atoms with van der Waals surface area (Å²) in [6.45, 7) is 0.723. The Labute approximate surface area is 179 Å². The average molecular weight is 448 g/mol. The first-order valence-electron chi connectivity index (χ1n) is 9.11. The molecule has 2 heterocycles. The second-order valence-corrected chi connectivity index (χ2v) is 6.68. The summed E-state index contributed by atoms with van der Waals surface area (Å²) >= 11 is 0. The number of halogens is 2. The van der Waals surface area contributed by atoms with E-state index in [0.29, 0.717) is 0 Å². The number of hydrogen-bond acceptors (Lipinski definition) is 7. The van der Waals surface area contributed by atoms with Gasteiger partial charge in [0.2, 0.25) is 5.91 Å². The third-order valence-corrected chi connectivity index (χ3v) is 4.49. The van der Waals surface area contributed by atoms with Crippen LogP contribution < -0.4 is 21.5 Å². The molecule has 0 saturated heterocycles. The Kier molecular flexibility index (Phi) is 6.07. The number of aryl methyl sites for hydroxylation is 1. The minimum Gasteiger partial charge on any atom is -0.461 e. The van der Waals surface area contributed by atoms with Gasteiger partial charge in [-0.15, -0.1) is 0 Å². The van der Waals surface area contributed by atoms with Gasteiger partial charge in [-0.05, 0) is 37.3 Å². The number of carbonyl (C=O) groups is 3. The lowest BCUT2D eigenvalue weighted by atomic mass is 10.1. The molecule has 0 aliphatic carbocycles. The van der Waals surface area contributed by atoms with Crippen molar-refractivity contribution in [3.05, 3.63) is 59.1 Å². The lowest BCUT2D eigenvalue weighted by Gasteiger charge is -2.19. The van der Waals surface area contributed by atoms with E-state index in [2.05, 4.69) is 10.3 Å². The number of aromatic nitrogens is 1. The number of fused-ring (bicyclic) bond motifs is 1. The van der Waals surface area contributed by atoms with Gasteiger partial charge in [0.15, 0.2) is 0 Å². The number of pyridine rings is 1. The molecule has 0 radical (unpaired) electrons. The van der Waals surface area contributed by atoms with Gasteiger partial charge >= 0.3 is 6.11 Å². The van der Waals surface area contributed by atoms with Gasteiger partial charge in [0.05, 0.1) is 17.7 Å². The van der Waals surface area contributed by atoms with Gasteiger partial charge in [-0.25, -0.2) is 0 Å². The van der Waals surface area contributed by atoms with E-state index in [4.69, 9.17) is 20.6 Å². The molecule has 1 aromatic carbocycles. The van der Waals surface area contributed by atoms with Crippen molar-refractivity contribution in [2.75, 3.05) is 6.61 Å². The normalized spacial score (nSPS) is 12.4. The number of nitrogens with one attached hydrogen (secondary N) is 1. The molecular weight excluding hydrogens is 430 g/mol. The number of benzene rings is 1. The van der Waals surface area contributed by atoms with Gasteiger partial charge in [0, 0.05) is 11.6 Å². The number of hydrogen-bond donors (Lipinski definition) is 4. The van der Waals surface area contributed by atoms with Gasteiger partial charge in [-0.3, -0.25) is 19.4 Å². The van der Waals surface area contributed by atoms with E-state index in [1.54, 1.807) is 0 Å². The maximum atomic E-state index is 14.8. The predicted molar refractivity (Wildman–Crippen MR) is 106 cm³/mol. The van der Waals surface area contributed by atoms with E-state index in [9.17, 15) is 28.3 Å². The minimum absolute atomic E-state index is 0.0623. The van der Waals surface area contributed by atoms with Crippen LogP contribution in [0.1, 0.15) is 32.2 Å². The molecule has 0 bridgehead atoms. The Morgan fingerprint density at radius 3 is 2.62 bits per heavy atom. The number of primary amides is 2. The number of nitrogens with two attached hydrogens (primary N) is 2. The quantitative estimate of drug-likeness (QED) is 0.397. The largest absolute Gasteiger partial charge is 0.461 e. The van der Waals surface area contributed by atoms with Gasteiger partial charge < -0.3 is 31.0 Å². The summed E-state index contributed by atoms with van der Waals surface area (Å²) in [5.74, 6) is -3.16. The van der Waals surface area contributed by atoms with E-state index < -0.39 is 47.7 Å². The number of nitrogens with zero attached hydrogens (tertiary/aromatic N) is 1. The smallest absolute Gasteiger partial charge is 0.429 e. The molecular formula is C20H18F2N4O6. The van der Waals surface area contributed by atoms with Crippen LogP contribution in [0.4, 0.5) is 8.78 Å². The van der Waals surface area contributed by atoms with Crippen LogP contribution in [0.15, 0.2) is 40.9 Å². The topological polar surface area (TPSA) is 171 Å². The molecule has 3 aromatic rings. The van der Waals surface area contributed by atoms with E-state index >= 15 is 0 Å². The molecule has 0 spiro atoms. The summed E-state index contributed by atoms with van der Waals surface area (Å²) in [4.78, 5) is 38.9. The summed E-state index contributed by atoms with van der Waals surface area (Å²) in [5, 5.41) is 11.5. The lowest BCUT2D eigenvalue weighted by molar-refractivity contribution is -0.185. The molecule has 0 aliphatic rings. The molecule has 1 atom stereocenters. The lowest BCUT2D eigenvalue weighted by Crippen LogP contribution is -2.46. The van der Waals surface area contributed by atoms with Crippen LogP contribution in [0.25, 0.3) is 11.0 Å². The fourth-order valence-electron chi connectivity index (χ4n) is 3.02. The highest BCUT2D eigenvalue weighted by atomic mass is 19.3. The number of ether oxygens (including phenoxy) is 1. The summed E-state index contributed by atoms with van der Waals surface area (Å²) < 4.78 is 39.8. The first-order chi connectivity index (χ1) is 15.0. The number of furan rings is 1. The molecule has 0 saturated carbocycles. The number of aliphatic hydroxyl groups excluding tert-OH is 1. The zero-order valence-electron chi connectivity index (χ0n) is 16.6. The van der Waals surface area contributed by atoms with Gasteiger partial charge in [-0.1, -0.05) is 0 Å². The fourth-order valence-corrected chi connectivity index (χ4v) is 3.02. The van der Waals surface area contributed by atoms with Crippen molar-refractivity contribution in [1.29, 1.82) is 0 Å². The van der Waals surface area contributed by atoms with Crippen molar-refractivity contribution in [2.45, 2.75) is 19.1 Å². The first kappa shape index (κ1) is 22.6. The van der Waals surface area contributed by atoms with E-state index in [1.807, 2.05) is 0 Å². The molecule has 32 heavy (non-hydrogen) atoms. The van der Waals surface area contributed by atoms with Crippen LogP contribution in [0.3, 0.4) is 0 Å². The van der Waals surface area contributed by atoms with Crippen LogP contribution in [0.2, 0.25) is 0 Å². The second-order valence-electron chi connectivity index (χ2n) is 6.68. The first-order valence-corrected chi connectivity index (χ1v) is 9.11. The molecule has 3 amide bonds. The van der Waals surface area contributed by atoms with Crippen molar-refractivity contribution in [3.63, 3.8) is 0 Å². The van der Waals surface area contributed by atoms with Crippen molar-refractivity contribution in [2.24, 2.45) is 11.5 Å². The highest BCUT2D eigenvalue weighted by Gasteiger charge is 2.39. The third-order valence-electron chi connectivity index (χ3n) is 4.49. The summed E-state index contributed by atoms with van der Waals surface area (Å²) in [6.07, 6.45) is -2.85. The maximum Gasteiger partial charge on any atom is 0.429 e. The van der Waals surface area contributed by atoms with Crippen molar-refractivity contribution in [1.82, 2.24) is 10.3 Å². The maximum absolute atomic E-state index is 14.8. The number of alkyl halides is 2. The Bertz CT molecular complexity index is 1210. The van der Waals surface area contributed by atoms with Gasteiger partial charge in [-0.2, -0.15) is 8.78 Å². The number of carbonyl (C=O) groups excluding carboxylic acids is 3. The molecule has 12 heteroatoms. The summed E-state index contributed by atoms with van der Waals surface area (Å²) in [5.41, 5.74) is 8.85. The number of rotatable bonds is 8. The summed E-state index contributed by atoms with van der Waals surface area (Å²) in [6, 6.07) is 4.41. The van der Waals surface area contributed by atoms with Gasteiger partial charge in [0.1, 0.15) is 28.8 Å². The fraction of sp³-hybridized carbons (Fsp3) is 0.200. The highest BCUT2D eigenvalue weighted by Crippen LogP contribution is 2.35. The van der Waals surface area contributed by atoms with Crippen molar-refractivity contribution < 1.29 is 37.4 Å². The molecule has 10 nitrogen and oxygen atoms in total. The number of amides is 3. The third kappa shape index (κ3) is 4.34. The van der Waals surface area contributed by atoms with Gasteiger partial charge in [0.25, 0.3) is 11.8 Å². The van der Waals surface area contributed by atoms with Crippen LogP contribution >= 0.6 is 0 Å². The molecule has 168 valence electrons. The molecule has 0 aliphatic heterocycles. The average Bonchev–Trinajstić information content (AvgIpc) is 3.06. The van der Waals surface area contributed by atoms with Crippen LogP contribution in [0, 0.1) is 6.92 Å². The molecule has 6 N–H and O–H groups in total. The van der Waals surface area contributed by atoms with Crippen LogP contribution in [-0.4, -0.2) is 40.5 Å². The summed E-state index contributed by atoms with van der Waals surface area (Å²) in [7, 11) is 0. The van der Waals surface area contributed by atoms with E-state index in [1.165, 1.54) is 25.1 Å². The molecule has 2 aromatic heterocycles. The zero-order chi connectivity index (χ0) is 23.6. The highest BCUT2D eigenvalue weighted by molar-refractivity contribution is 6.08. The Hall–Kier alpha value is -4.06.